The highest BCUT2D eigenvalue weighted by atomic mass is 79.9. The molecule has 59 heavy (non-hydrogen) atoms. The van der Waals surface area contributed by atoms with Crippen LogP contribution in [0.3, 0.4) is 0 Å². The molecule has 0 saturated heterocycles. The van der Waals surface area contributed by atoms with Crippen molar-refractivity contribution < 1.29 is 0 Å². The molecule has 0 fully saturated rings. The first-order valence-electron chi connectivity index (χ1n) is 20.1. The number of halogens is 1. The molecule has 3 heteroatoms. The van der Waals surface area contributed by atoms with Crippen LogP contribution in [-0.4, -0.2) is 9.13 Å². The van der Waals surface area contributed by atoms with Gasteiger partial charge in [0.25, 0.3) is 0 Å². The van der Waals surface area contributed by atoms with Gasteiger partial charge in [0, 0.05) is 43.0 Å². The summed E-state index contributed by atoms with van der Waals surface area (Å²) in [6, 6.07) is 77.9. The van der Waals surface area contributed by atoms with E-state index >= 15 is 0 Å². The van der Waals surface area contributed by atoms with Gasteiger partial charge in [0.1, 0.15) is 0 Å². The van der Waals surface area contributed by atoms with Gasteiger partial charge < -0.3 is 9.13 Å². The SMILES string of the molecule is Brc1ccc(-c2cc(-c3ccc4c(c3)c3c5ccccc5ccc3n4-c3ccccc3)cc(-c3cccc4c5c6ccccc6ccc5n(-c5ccccc5)c34)c2)cc1. The second-order valence-corrected chi connectivity index (χ2v) is 16.4. The molecule has 2 aromatic heterocycles. The minimum Gasteiger partial charge on any atom is -0.309 e. The van der Waals surface area contributed by atoms with Crippen molar-refractivity contribution >= 4 is 81.1 Å². The van der Waals surface area contributed by atoms with Gasteiger partial charge in [-0.05, 0) is 128 Å². The van der Waals surface area contributed by atoms with Gasteiger partial charge >= 0.3 is 0 Å². The van der Waals surface area contributed by atoms with Crippen LogP contribution in [0.2, 0.25) is 0 Å². The van der Waals surface area contributed by atoms with E-state index in [2.05, 4.69) is 237 Å². The smallest absolute Gasteiger partial charge is 0.0619 e. The van der Waals surface area contributed by atoms with E-state index < -0.39 is 0 Å². The van der Waals surface area contributed by atoms with Gasteiger partial charge in [-0.15, -0.1) is 0 Å². The zero-order chi connectivity index (χ0) is 39.0. The van der Waals surface area contributed by atoms with Crippen LogP contribution in [0.15, 0.2) is 217 Å². The highest BCUT2D eigenvalue weighted by molar-refractivity contribution is 9.10. The summed E-state index contributed by atoms with van der Waals surface area (Å²) in [7, 11) is 0. The highest BCUT2D eigenvalue weighted by Crippen LogP contribution is 2.44. The molecule has 0 saturated carbocycles. The molecule has 10 aromatic carbocycles. The molecular weight excluding hydrogens is 781 g/mol. The largest absolute Gasteiger partial charge is 0.309 e. The number of benzene rings is 10. The predicted octanol–water partition coefficient (Wildman–Crippen LogP) is 16.0. The summed E-state index contributed by atoms with van der Waals surface area (Å²) >= 11 is 3.69. The van der Waals surface area contributed by atoms with Gasteiger partial charge in [-0.1, -0.05) is 149 Å². The number of fused-ring (bicyclic) bond motifs is 10. The van der Waals surface area contributed by atoms with E-state index in [1.54, 1.807) is 0 Å². The van der Waals surface area contributed by atoms with Gasteiger partial charge in [0.2, 0.25) is 0 Å². The second-order valence-electron chi connectivity index (χ2n) is 15.4. The van der Waals surface area contributed by atoms with Crippen molar-refractivity contribution in [1.29, 1.82) is 0 Å². The third kappa shape index (κ3) is 5.39. The topological polar surface area (TPSA) is 9.86 Å². The number of aromatic nitrogens is 2. The van der Waals surface area contributed by atoms with E-state index in [0.717, 1.165) is 15.8 Å². The fourth-order valence-electron chi connectivity index (χ4n) is 9.50. The molecule has 0 spiro atoms. The fourth-order valence-corrected chi connectivity index (χ4v) is 9.76. The number of hydrogen-bond acceptors (Lipinski definition) is 0. The molecule has 0 bridgehead atoms. The first-order valence-corrected chi connectivity index (χ1v) is 20.9. The third-order valence-corrected chi connectivity index (χ3v) is 12.6. The lowest BCUT2D eigenvalue weighted by atomic mass is 9.91. The molecular formula is C56H35BrN2. The quantitative estimate of drug-likeness (QED) is 0.164. The van der Waals surface area contributed by atoms with E-state index in [9.17, 15) is 0 Å². The van der Waals surface area contributed by atoms with Crippen LogP contribution < -0.4 is 0 Å². The molecule has 0 aliphatic carbocycles. The van der Waals surface area contributed by atoms with Crippen molar-refractivity contribution in [2.45, 2.75) is 0 Å². The summed E-state index contributed by atoms with van der Waals surface area (Å²) in [5.74, 6) is 0. The molecule has 0 radical (unpaired) electrons. The average molecular weight is 816 g/mol. The van der Waals surface area contributed by atoms with E-state index in [4.69, 9.17) is 0 Å². The van der Waals surface area contributed by atoms with Gasteiger partial charge in [-0.3, -0.25) is 0 Å². The Hall–Kier alpha value is -7.20. The molecule has 0 aliphatic rings. The summed E-state index contributed by atoms with van der Waals surface area (Å²) in [5, 5.41) is 10.1. The summed E-state index contributed by atoms with van der Waals surface area (Å²) in [6.45, 7) is 0. The van der Waals surface area contributed by atoms with E-state index in [-0.39, 0.29) is 0 Å². The molecule has 2 heterocycles. The number of para-hydroxylation sites is 3. The summed E-state index contributed by atoms with van der Waals surface area (Å²) in [6.07, 6.45) is 0. The Bertz CT molecular complexity index is 3600. The predicted molar refractivity (Wildman–Crippen MR) is 254 cm³/mol. The van der Waals surface area contributed by atoms with Crippen molar-refractivity contribution in [3.63, 3.8) is 0 Å². The van der Waals surface area contributed by atoms with Gasteiger partial charge in [0.15, 0.2) is 0 Å². The molecule has 0 amide bonds. The lowest BCUT2D eigenvalue weighted by molar-refractivity contribution is 1.18. The zero-order valence-corrected chi connectivity index (χ0v) is 33.6. The Morgan fingerprint density at radius 2 is 0.814 bits per heavy atom. The molecule has 0 aliphatic heterocycles. The normalized spacial score (nSPS) is 11.8. The average Bonchev–Trinajstić information content (AvgIpc) is 3.83. The number of hydrogen-bond donors (Lipinski definition) is 0. The van der Waals surface area contributed by atoms with Crippen LogP contribution in [0.1, 0.15) is 0 Å². The van der Waals surface area contributed by atoms with Crippen molar-refractivity contribution in [3.05, 3.63) is 217 Å². The molecule has 276 valence electrons. The Morgan fingerprint density at radius 1 is 0.305 bits per heavy atom. The number of rotatable bonds is 5. The molecule has 0 atom stereocenters. The second kappa shape index (κ2) is 13.4. The molecule has 12 aromatic rings. The lowest BCUT2D eigenvalue weighted by Crippen LogP contribution is -1.95. The maximum atomic E-state index is 3.69. The van der Waals surface area contributed by atoms with Crippen molar-refractivity contribution in [2.24, 2.45) is 0 Å². The number of nitrogens with zero attached hydrogens (tertiary/aromatic N) is 2. The summed E-state index contributed by atoms with van der Waals surface area (Å²) in [5.41, 5.74) is 14.2. The first-order chi connectivity index (χ1) is 29.2. The molecule has 12 rings (SSSR count). The minimum atomic E-state index is 1.06. The van der Waals surface area contributed by atoms with Crippen molar-refractivity contribution in [1.82, 2.24) is 9.13 Å². The monoisotopic (exact) mass is 814 g/mol. The van der Waals surface area contributed by atoms with Crippen LogP contribution >= 0.6 is 15.9 Å². The Morgan fingerprint density at radius 3 is 1.49 bits per heavy atom. The van der Waals surface area contributed by atoms with Crippen molar-refractivity contribution in [3.8, 4) is 44.8 Å². The standard InChI is InChI=1S/C56H35BrN2/c57-43-27-22-36(23-28-43)40-32-41(39-26-29-51-50(35-39)55-47-19-10-8-13-38(47)24-30-52(55)58(51)44-14-3-1-4-15-44)34-42(33-40)48-20-11-21-49-54-46-18-9-7-12-37(46)25-31-53(54)59(56(48)49)45-16-5-2-6-17-45/h1-35H. The van der Waals surface area contributed by atoms with Crippen LogP contribution in [0.5, 0.6) is 0 Å². The van der Waals surface area contributed by atoms with E-state index in [1.807, 2.05) is 0 Å². The highest BCUT2D eigenvalue weighted by Gasteiger charge is 2.21. The fraction of sp³-hybridized carbons (Fsp3) is 0. The third-order valence-electron chi connectivity index (χ3n) is 12.1. The van der Waals surface area contributed by atoms with Gasteiger partial charge in [-0.2, -0.15) is 0 Å². The maximum Gasteiger partial charge on any atom is 0.0619 e. The van der Waals surface area contributed by atoms with Crippen molar-refractivity contribution in [2.75, 3.05) is 0 Å². The Labute approximate surface area is 350 Å². The molecule has 0 unspecified atom stereocenters. The van der Waals surface area contributed by atoms with Crippen LogP contribution in [0.4, 0.5) is 0 Å². The van der Waals surface area contributed by atoms with Crippen LogP contribution in [0, 0.1) is 0 Å². The summed E-state index contributed by atoms with van der Waals surface area (Å²) < 4.78 is 5.94. The zero-order valence-electron chi connectivity index (χ0n) is 32.0. The molecule has 0 N–H and O–H groups in total. The lowest BCUT2D eigenvalue weighted by Gasteiger charge is -2.15. The van der Waals surface area contributed by atoms with Gasteiger partial charge in [-0.25, -0.2) is 0 Å². The van der Waals surface area contributed by atoms with E-state index in [1.165, 1.54) is 98.5 Å². The first kappa shape index (κ1) is 33.9. The Kier molecular flexibility index (Phi) is 7.72. The Balaban J connectivity index is 1.16. The maximum absolute atomic E-state index is 3.69. The van der Waals surface area contributed by atoms with E-state index in [0.29, 0.717) is 0 Å². The minimum absolute atomic E-state index is 1.06. The van der Waals surface area contributed by atoms with Crippen LogP contribution in [0.25, 0.3) is 110 Å². The van der Waals surface area contributed by atoms with Gasteiger partial charge in [0.05, 0.1) is 22.1 Å². The molecule has 2 nitrogen and oxygen atoms in total. The van der Waals surface area contributed by atoms with Crippen LogP contribution in [-0.2, 0) is 0 Å². The summed E-state index contributed by atoms with van der Waals surface area (Å²) in [4.78, 5) is 0.